The fourth-order valence-electron chi connectivity index (χ4n) is 1.35. The van der Waals surface area contributed by atoms with Crippen LogP contribution in [0.5, 0.6) is 0 Å². The second-order valence-electron chi connectivity index (χ2n) is 4.02. The fourth-order valence-corrected chi connectivity index (χ4v) is 2.12. The summed E-state index contributed by atoms with van der Waals surface area (Å²) >= 11 is 1.81. The Labute approximate surface area is 95.9 Å². The predicted molar refractivity (Wildman–Crippen MR) is 65.1 cm³/mol. The third kappa shape index (κ3) is 4.71. The molecular weight excluding hydrogens is 208 g/mol. The summed E-state index contributed by atoms with van der Waals surface area (Å²) in [5.41, 5.74) is 1.18. The van der Waals surface area contributed by atoms with Crippen LogP contribution in [0.15, 0.2) is 12.3 Å². The molecule has 0 aromatic carbocycles. The monoisotopic (exact) mass is 228 g/mol. The van der Waals surface area contributed by atoms with Crippen LogP contribution >= 0.6 is 11.8 Å². The Morgan fingerprint density at radius 3 is 2.80 bits per heavy atom. The number of hydrogen-bond acceptors (Lipinski definition) is 3. The number of aromatic nitrogens is 2. The van der Waals surface area contributed by atoms with E-state index < -0.39 is 0 Å². The average Bonchev–Trinajstić information content (AvgIpc) is 2.58. The van der Waals surface area contributed by atoms with Crippen molar-refractivity contribution in [2.45, 2.75) is 38.0 Å². The first-order valence-electron chi connectivity index (χ1n) is 5.36. The molecule has 0 spiro atoms. The maximum atomic E-state index is 9.74. The van der Waals surface area contributed by atoms with Gasteiger partial charge in [-0.2, -0.15) is 16.9 Å². The van der Waals surface area contributed by atoms with Crippen LogP contribution in [0.2, 0.25) is 0 Å². The summed E-state index contributed by atoms with van der Waals surface area (Å²) in [6.45, 7) is 4.30. The van der Waals surface area contributed by atoms with Crippen molar-refractivity contribution in [1.29, 1.82) is 0 Å². The summed E-state index contributed by atoms with van der Waals surface area (Å²) in [6, 6.07) is 2.00. The molecule has 0 amide bonds. The quantitative estimate of drug-likeness (QED) is 0.807. The molecule has 0 radical (unpaired) electrons. The van der Waals surface area contributed by atoms with Crippen molar-refractivity contribution >= 4 is 11.8 Å². The largest absolute Gasteiger partial charge is 0.392 e. The van der Waals surface area contributed by atoms with Gasteiger partial charge in [0.05, 0.1) is 6.10 Å². The second-order valence-corrected chi connectivity index (χ2v) is 5.63. The number of aliphatic hydroxyl groups excluding tert-OH is 1. The minimum absolute atomic E-state index is 0.202. The molecule has 1 heterocycles. The van der Waals surface area contributed by atoms with Crippen molar-refractivity contribution in [3.05, 3.63) is 18.0 Å². The van der Waals surface area contributed by atoms with Crippen LogP contribution in [0.3, 0.4) is 0 Å². The number of aryl methyl sites for hydroxylation is 2. The molecule has 86 valence electrons. The highest BCUT2D eigenvalue weighted by molar-refractivity contribution is 7.99. The Morgan fingerprint density at radius 1 is 1.53 bits per heavy atom. The molecule has 0 saturated heterocycles. The first kappa shape index (κ1) is 12.6. The summed E-state index contributed by atoms with van der Waals surface area (Å²) in [4.78, 5) is 0. The fraction of sp³-hybridized carbons (Fsp3) is 0.727. The van der Waals surface area contributed by atoms with Crippen molar-refractivity contribution in [3.8, 4) is 0 Å². The van der Waals surface area contributed by atoms with Gasteiger partial charge >= 0.3 is 0 Å². The molecule has 1 N–H and O–H groups in total. The van der Waals surface area contributed by atoms with Crippen molar-refractivity contribution in [2.24, 2.45) is 7.05 Å². The number of nitrogens with zero attached hydrogens (tertiary/aromatic N) is 2. The van der Waals surface area contributed by atoms with Crippen LogP contribution in [0.4, 0.5) is 0 Å². The maximum Gasteiger partial charge on any atom is 0.0634 e. The van der Waals surface area contributed by atoms with E-state index in [0.717, 1.165) is 18.6 Å². The van der Waals surface area contributed by atoms with Gasteiger partial charge in [0, 0.05) is 24.7 Å². The van der Waals surface area contributed by atoms with Crippen molar-refractivity contribution in [2.75, 3.05) is 5.75 Å². The van der Waals surface area contributed by atoms with Gasteiger partial charge in [-0.05, 0) is 24.2 Å². The van der Waals surface area contributed by atoms with Crippen molar-refractivity contribution < 1.29 is 5.11 Å². The van der Waals surface area contributed by atoms with Crippen LogP contribution in [0.25, 0.3) is 0 Å². The lowest BCUT2D eigenvalue weighted by atomic mass is 10.2. The molecular formula is C11H20N2OS. The topological polar surface area (TPSA) is 38.1 Å². The molecule has 0 aliphatic carbocycles. The van der Waals surface area contributed by atoms with Gasteiger partial charge < -0.3 is 5.11 Å². The third-order valence-corrected chi connectivity index (χ3v) is 3.52. The Hall–Kier alpha value is -0.480. The lowest BCUT2D eigenvalue weighted by Gasteiger charge is -2.11. The Balaban J connectivity index is 2.22. The Bertz CT molecular complexity index is 286. The van der Waals surface area contributed by atoms with Crippen LogP contribution in [-0.2, 0) is 13.5 Å². The van der Waals surface area contributed by atoms with Gasteiger partial charge in [-0.3, -0.25) is 4.68 Å². The van der Waals surface area contributed by atoms with Crippen molar-refractivity contribution in [3.63, 3.8) is 0 Å². The molecule has 0 fully saturated rings. The molecule has 1 unspecified atom stereocenters. The van der Waals surface area contributed by atoms with Gasteiger partial charge in [-0.25, -0.2) is 0 Å². The first-order chi connectivity index (χ1) is 7.09. The van der Waals surface area contributed by atoms with Gasteiger partial charge in [0.15, 0.2) is 0 Å². The van der Waals surface area contributed by atoms with Crippen LogP contribution in [0.1, 0.15) is 26.0 Å². The highest BCUT2D eigenvalue weighted by Gasteiger charge is 2.07. The van der Waals surface area contributed by atoms with E-state index in [2.05, 4.69) is 18.9 Å². The summed E-state index contributed by atoms with van der Waals surface area (Å²) in [5, 5.41) is 14.4. The van der Waals surface area contributed by atoms with E-state index in [9.17, 15) is 5.11 Å². The van der Waals surface area contributed by atoms with Gasteiger partial charge in [0.25, 0.3) is 0 Å². The third-order valence-electron chi connectivity index (χ3n) is 2.28. The predicted octanol–water partition coefficient (Wildman–Crippen LogP) is 1.86. The normalized spacial score (nSPS) is 13.4. The lowest BCUT2D eigenvalue weighted by Crippen LogP contribution is -2.13. The van der Waals surface area contributed by atoms with E-state index in [-0.39, 0.29) is 6.10 Å². The van der Waals surface area contributed by atoms with E-state index in [1.807, 2.05) is 29.6 Å². The number of thioether (sulfide) groups is 1. The Kier molecular flexibility index (Phi) is 5.19. The van der Waals surface area contributed by atoms with Gasteiger partial charge in [-0.15, -0.1) is 0 Å². The van der Waals surface area contributed by atoms with E-state index in [0.29, 0.717) is 5.25 Å². The van der Waals surface area contributed by atoms with E-state index >= 15 is 0 Å². The SMILES string of the molecule is CC(C)SCC(O)CCc1ccnn1C. The van der Waals surface area contributed by atoms with Gasteiger partial charge in [0.2, 0.25) is 0 Å². The zero-order valence-electron chi connectivity index (χ0n) is 9.68. The molecule has 0 bridgehead atoms. The summed E-state index contributed by atoms with van der Waals surface area (Å²) in [5.74, 6) is 0.829. The van der Waals surface area contributed by atoms with E-state index in [4.69, 9.17) is 0 Å². The highest BCUT2D eigenvalue weighted by Crippen LogP contribution is 2.13. The van der Waals surface area contributed by atoms with E-state index in [1.165, 1.54) is 5.69 Å². The smallest absolute Gasteiger partial charge is 0.0634 e. The molecule has 1 atom stereocenters. The average molecular weight is 228 g/mol. The molecule has 15 heavy (non-hydrogen) atoms. The summed E-state index contributed by atoms with van der Waals surface area (Å²) < 4.78 is 1.86. The van der Waals surface area contributed by atoms with E-state index in [1.54, 1.807) is 6.20 Å². The van der Waals surface area contributed by atoms with Crippen LogP contribution in [0, 0.1) is 0 Å². The van der Waals surface area contributed by atoms with Crippen molar-refractivity contribution in [1.82, 2.24) is 9.78 Å². The number of aliphatic hydroxyl groups is 1. The standard InChI is InChI=1S/C11H20N2OS/c1-9(2)15-8-11(14)5-4-10-6-7-12-13(10)3/h6-7,9,11,14H,4-5,8H2,1-3H3. The zero-order valence-corrected chi connectivity index (χ0v) is 10.5. The molecule has 4 heteroatoms. The molecule has 1 aromatic rings. The number of hydrogen-bond donors (Lipinski definition) is 1. The molecule has 1 aromatic heterocycles. The molecule has 0 aliphatic heterocycles. The minimum Gasteiger partial charge on any atom is -0.392 e. The van der Waals surface area contributed by atoms with Crippen LogP contribution in [-0.4, -0.2) is 32.0 Å². The van der Waals surface area contributed by atoms with Gasteiger partial charge in [-0.1, -0.05) is 13.8 Å². The molecule has 0 aliphatic rings. The minimum atomic E-state index is -0.202. The molecule has 3 nitrogen and oxygen atoms in total. The zero-order chi connectivity index (χ0) is 11.3. The lowest BCUT2D eigenvalue weighted by molar-refractivity contribution is 0.188. The highest BCUT2D eigenvalue weighted by atomic mass is 32.2. The molecule has 1 rings (SSSR count). The van der Waals surface area contributed by atoms with Crippen LogP contribution < -0.4 is 0 Å². The summed E-state index contributed by atoms with van der Waals surface area (Å²) in [6.07, 6.45) is 3.31. The second kappa shape index (κ2) is 6.18. The summed E-state index contributed by atoms with van der Waals surface area (Å²) in [7, 11) is 1.94. The van der Waals surface area contributed by atoms with Gasteiger partial charge in [0.1, 0.15) is 0 Å². The molecule has 0 saturated carbocycles. The first-order valence-corrected chi connectivity index (χ1v) is 6.41. The number of rotatable bonds is 6. The maximum absolute atomic E-state index is 9.74. The Morgan fingerprint density at radius 2 is 2.27 bits per heavy atom.